The first-order valence-corrected chi connectivity index (χ1v) is 15.8. The zero-order chi connectivity index (χ0) is 33.2. The van der Waals surface area contributed by atoms with E-state index < -0.39 is 24.3 Å². The number of imide groups is 2. The first-order chi connectivity index (χ1) is 22.2. The predicted octanol–water partition coefficient (Wildman–Crippen LogP) is 0.0929. The molecule has 3 heterocycles. The number of benzene rings is 2. The molecule has 0 aliphatic carbocycles. The van der Waals surface area contributed by atoms with Crippen molar-refractivity contribution < 1.29 is 44.4 Å². The van der Waals surface area contributed by atoms with Crippen LogP contribution in [0.5, 0.6) is 0 Å². The third-order valence-electron chi connectivity index (χ3n) is 6.50. The summed E-state index contributed by atoms with van der Waals surface area (Å²) in [4.78, 5) is 69.1. The summed E-state index contributed by atoms with van der Waals surface area (Å²) < 4.78 is 1.83. The molecule has 5 rings (SSSR count). The molecule has 46 heavy (non-hydrogen) atoms. The number of β-amino-alcohol motifs (C(OH)–C–C–N with tert-alkyl or cyclic N) is 2. The predicted molar refractivity (Wildman–Crippen MR) is 168 cm³/mol. The number of carbonyl (C=O) groups is 5. The Morgan fingerprint density at radius 1 is 0.696 bits per heavy atom. The number of carbonyl (C=O) groups excluding carboxylic acids is 5. The van der Waals surface area contributed by atoms with Gasteiger partial charge in [-0.15, -0.1) is 22.7 Å². The molecule has 1 aliphatic heterocycles. The van der Waals surface area contributed by atoms with E-state index in [0.717, 1.165) is 40.2 Å². The molecule has 1 fully saturated rings. The van der Waals surface area contributed by atoms with Gasteiger partial charge >= 0.3 is 6.03 Å². The van der Waals surface area contributed by atoms with Gasteiger partial charge in [0.2, 0.25) is 11.8 Å². The topological polar surface area (TPSA) is 223 Å². The van der Waals surface area contributed by atoms with Crippen molar-refractivity contribution in [1.82, 2.24) is 30.4 Å². The highest BCUT2D eigenvalue weighted by Crippen LogP contribution is 2.29. The molecular formula is C29H32N6O9S2. The van der Waals surface area contributed by atoms with Gasteiger partial charge in [0.15, 0.2) is 0 Å². The zero-order valence-corrected chi connectivity index (χ0v) is 26.1. The van der Waals surface area contributed by atoms with E-state index in [4.69, 9.17) is 20.4 Å². The molecular weight excluding hydrogens is 640 g/mol. The van der Waals surface area contributed by atoms with E-state index in [9.17, 15) is 24.0 Å². The highest BCUT2D eigenvalue weighted by Gasteiger charge is 2.36. The molecule has 6 N–H and O–H groups in total. The molecule has 1 aliphatic rings. The van der Waals surface area contributed by atoms with Crippen molar-refractivity contribution >= 4 is 72.8 Å². The van der Waals surface area contributed by atoms with Crippen LogP contribution in [0.2, 0.25) is 0 Å². The Kier molecular flexibility index (Phi) is 12.2. The molecule has 2 aromatic carbocycles. The Labute approximate surface area is 270 Å². The molecule has 6 amide bonds. The SMILES string of the molecule is O=C(NCCO)c1ccc2nc(Cc3nc4ccc(C(=O)NCCO)cc4s3)sc2c1.O=C1CC(=O)N(CCO)C(=O)N1CCO. The number of rotatable bonds is 12. The van der Waals surface area contributed by atoms with Gasteiger partial charge in [-0.3, -0.25) is 29.0 Å². The highest BCUT2D eigenvalue weighted by molar-refractivity contribution is 7.20. The van der Waals surface area contributed by atoms with Crippen molar-refractivity contribution in [1.29, 1.82) is 0 Å². The Balaban J connectivity index is 0.000000270. The van der Waals surface area contributed by atoms with Crippen LogP contribution >= 0.6 is 22.7 Å². The first-order valence-electron chi connectivity index (χ1n) is 14.1. The van der Waals surface area contributed by atoms with Crippen molar-refractivity contribution in [2.75, 3.05) is 52.6 Å². The van der Waals surface area contributed by atoms with Gasteiger partial charge < -0.3 is 31.1 Å². The van der Waals surface area contributed by atoms with E-state index in [1.54, 1.807) is 24.3 Å². The number of nitrogens with one attached hydrogen (secondary N) is 2. The van der Waals surface area contributed by atoms with Crippen LogP contribution in [0.25, 0.3) is 20.4 Å². The molecule has 17 heteroatoms. The van der Waals surface area contributed by atoms with Gasteiger partial charge in [0.1, 0.15) is 16.4 Å². The van der Waals surface area contributed by atoms with Gasteiger partial charge in [0, 0.05) is 24.2 Å². The number of aliphatic hydroxyl groups is 4. The third kappa shape index (κ3) is 8.45. The van der Waals surface area contributed by atoms with Crippen LogP contribution < -0.4 is 10.6 Å². The fourth-order valence-corrected chi connectivity index (χ4v) is 6.48. The fourth-order valence-electron chi connectivity index (χ4n) is 4.37. The van der Waals surface area contributed by atoms with Crippen LogP contribution in [-0.2, 0) is 16.0 Å². The van der Waals surface area contributed by atoms with E-state index in [2.05, 4.69) is 20.6 Å². The second-order valence-electron chi connectivity index (χ2n) is 9.71. The number of aliphatic hydroxyl groups excluding tert-OH is 4. The number of nitrogens with zero attached hydrogens (tertiary/aromatic N) is 4. The van der Waals surface area contributed by atoms with Crippen molar-refractivity contribution in [2.24, 2.45) is 0 Å². The van der Waals surface area contributed by atoms with Crippen LogP contribution in [0.3, 0.4) is 0 Å². The van der Waals surface area contributed by atoms with Crippen molar-refractivity contribution in [3.05, 3.63) is 57.5 Å². The molecule has 0 bridgehead atoms. The minimum absolute atomic E-state index is 0.102. The number of hydrogen-bond acceptors (Lipinski definition) is 13. The summed E-state index contributed by atoms with van der Waals surface area (Å²) in [6, 6.07) is 9.91. The second-order valence-corrected chi connectivity index (χ2v) is 11.9. The van der Waals surface area contributed by atoms with Crippen molar-refractivity contribution in [3.63, 3.8) is 0 Å². The van der Waals surface area contributed by atoms with Crippen LogP contribution in [0, 0.1) is 0 Å². The Morgan fingerprint density at radius 2 is 1.13 bits per heavy atom. The number of hydrogen-bond donors (Lipinski definition) is 6. The van der Waals surface area contributed by atoms with Crippen LogP contribution in [0.1, 0.15) is 37.2 Å². The largest absolute Gasteiger partial charge is 0.395 e. The molecule has 4 aromatic rings. The average molecular weight is 673 g/mol. The van der Waals surface area contributed by atoms with Gasteiger partial charge in [-0.25, -0.2) is 14.8 Å². The molecule has 0 spiro atoms. The van der Waals surface area contributed by atoms with Crippen LogP contribution in [0.15, 0.2) is 36.4 Å². The zero-order valence-electron chi connectivity index (χ0n) is 24.5. The summed E-state index contributed by atoms with van der Waals surface area (Å²) in [5, 5.41) is 42.0. The number of amides is 6. The number of urea groups is 1. The Hall–Kier alpha value is -4.39. The van der Waals surface area contributed by atoms with Crippen molar-refractivity contribution in [2.45, 2.75) is 12.8 Å². The first kappa shape index (κ1) is 34.5. The van der Waals surface area contributed by atoms with E-state index in [-0.39, 0.29) is 64.4 Å². The summed E-state index contributed by atoms with van der Waals surface area (Å²) >= 11 is 3.03. The summed E-state index contributed by atoms with van der Waals surface area (Å²) in [5.41, 5.74) is 2.71. The molecule has 0 radical (unpaired) electrons. The van der Waals surface area contributed by atoms with Gasteiger partial charge in [-0.05, 0) is 36.4 Å². The quantitative estimate of drug-likeness (QED) is 0.111. The fraction of sp³-hybridized carbons (Fsp3) is 0.345. The second kappa shape index (κ2) is 16.3. The van der Waals surface area contributed by atoms with Gasteiger partial charge in [0.25, 0.3) is 11.8 Å². The van der Waals surface area contributed by atoms with E-state index in [1.165, 1.54) is 22.7 Å². The van der Waals surface area contributed by atoms with Gasteiger partial charge in [0.05, 0.1) is 66.4 Å². The molecule has 1 saturated heterocycles. The average Bonchev–Trinajstić information content (AvgIpc) is 3.64. The Morgan fingerprint density at radius 3 is 1.52 bits per heavy atom. The van der Waals surface area contributed by atoms with E-state index in [1.807, 2.05) is 12.1 Å². The summed E-state index contributed by atoms with van der Waals surface area (Å²) in [6.07, 6.45) is 0.169. The molecule has 244 valence electrons. The van der Waals surface area contributed by atoms with Gasteiger partial charge in [-0.2, -0.15) is 0 Å². The summed E-state index contributed by atoms with van der Waals surface area (Å²) in [7, 11) is 0. The maximum atomic E-state index is 12.1. The molecule has 0 saturated carbocycles. The minimum Gasteiger partial charge on any atom is -0.395 e. The number of aromatic nitrogens is 2. The molecule has 2 aromatic heterocycles. The van der Waals surface area contributed by atoms with Crippen LogP contribution in [0.4, 0.5) is 4.79 Å². The van der Waals surface area contributed by atoms with Crippen molar-refractivity contribution in [3.8, 4) is 0 Å². The lowest BCUT2D eigenvalue weighted by Gasteiger charge is -2.31. The number of thiazole rings is 2. The summed E-state index contributed by atoms with van der Waals surface area (Å²) in [5.74, 6) is -1.69. The number of fused-ring (bicyclic) bond motifs is 2. The normalized spacial score (nSPS) is 13.3. The van der Waals surface area contributed by atoms with Gasteiger partial charge in [-0.1, -0.05) is 0 Å². The lowest BCUT2D eigenvalue weighted by atomic mass is 10.2. The molecule has 0 unspecified atom stereocenters. The Bertz CT molecular complexity index is 1620. The summed E-state index contributed by atoms with van der Waals surface area (Å²) in [6.45, 7) is -0.733. The van der Waals surface area contributed by atoms with E-state index >= 15 is 0 Å². The van der Waals surface area contributed by atoms with E-state index in [0.29, 0.717) is 17.5 Å². The third-order valence-corrected chi connectivity index (χ3v) is 8.54. The standard InChI is InChI=1S/C21H20N4O4S2.C8H12N2O5/c26-7-5-22-20(28)12-1-3-14-16(9-12)30-18(24-14)11-19-25-15-4-2-13(10-17(15)31-19)21(29)23-6-8-27;11-3-1-9-6(13)5-7(14)10(2-4-12)8(9)15/h1-4,9-10,26-27H,5-8,11H2,(H,22,28)(H,23,29);11-12H,1-5H2. The maximum Gasteiger partial charge on any atom is 0.333 e. The smallest absolute Gasteiger partial charge is 0.333 e. The lowest BCUT2D eigenvalue weighted by molar-refractivity contribution is -0.143. The highest BCUT2D eigenvalue weighted by atomic mass is 32.1. The minimum atomic E-state index is -0.778. The maximum absolute atomic E-state index is 12.1. The molecule has 15 nitrogen and oxygen atoms in total. The number of barbiturate groups is 1. The molecule has 0 atom stereocenters. The van der Waals surface area contributed by atoms with Crippen LogP contribution in [-0.4, -0.2) is 122 Å². The lowest BCUT2D eigenvalue weighted by Crippen LogP contribution is -2.56. The monoisotopic (exact) mass is 672 g/mol.